The number of rotatable bonds is 1. The van der Waals surface area contributed by atoms with Crippen LogP contribution in [0.1, 0.15) is 0 Å². The van der Waals surface area contributed by atoms with Crippen molar-refractivity contribution in [1.82, 2.24) is 4.98 Å². The third kappa shape index (κ3) is 1.56. The molecule has 0 aliphatic heterocycles. The van der Waals surface area contributed by atoms with Crippen LogP contribution in [0.3, 0.4) is 0 Å². The predicted octanol–water partition coefficient (Wildman–Crippen LogP) is 4.73. The number of thiophene rings is 1. The minimum atomic E-state index is 1.04. The molecule has 0 spiro atoms. The van der Waals surface area contributed by atoms with E-state index in [2.05, 4.69) is 50.6 Å². The molecule has 0 aliphatic carbocycles. The summed E-state index contributed by atoms with van der Waals surface area (Å²) in [6, 6.07) is 10.5. The molecule has 0 aliphatic rings. The number of aromatic nitrogens is 1. The van der Waals surface area contributed by atoms with Crippen LogP contribution in [0, 0.1) is 0 Å². The molecule has 0 fully saturated rings. The summed E-state index contributed by atoms with van der Waals surface area (Å²) in [6.45, 7) is 0. The largest absolute Gasteiger partial charge is 0.264 e. The summed E-state index contributed by atoms with van der Waals surface area (Å²) >= 11 is 5.32. The maximum Gasteiger partial charge on any atom is 0.0437 e. The molecular weight excluding hydrogens is 282 g/mol. The van der Waals surface area contributed by atoms with Crippen LogP contribution in [0.15, 0.2) is 52.6 Å². The number of nitrogens with zero attached hydrogens (tertiary/aromatic N) is 1. The monoisotopic (exact) mass is 289 g/mol. The predicted molar refractivity (Wildman–Crippen MR) is 72.8 cm³/mol. The Kier molecular flexibility index (Phi) is 2.50. The van der Waals surface area contributed by atoms with E-state index in [1.54, 1.807) is 11.3 Å². The van der Waals surface area contributed by atoms with E-state index in [1.807, 2.05) is 18.5 Å². The third-order valence-electron chi connectivity index (χ3n) is 2.54. The van der Waals surface area contributed by atoms with Gasteiger partial charge in [0.25, 0.3) is 0 Å². The van der Waals surface area contributed by atoms with Crippen LogP contribution in [-0.2, 0) is 0 Å². The highest BCUT2D eigenvalue weighted by Gasteiger charge is 2.08. The van der Waals surface area contributed by atoms with Gasteiger partial charge in [-0.15, -0.1) is 11.3 Å². The molecule has 1 nitrogen and oxygen atoms in total. The van der Waals surface area contributed by atoms with Gasteiger partial charge in [-0.2, -0.15) is 0 Å². The molecule has 0 amide bonds. The molecule has 3 heteroatoms. The van der Waals surface area contributed by atoms with E-state index in [4.69, 9.17) is 0 Å². The first-order valence-electron chi connectivity index (χ1n) is 4.92. The topological polar surface area (TPSA) is 12.9 Å². The molecule has 0 unspecified atom stereocenters. The molecule has 3 rings (SSSR count). The number of halogens is 1. The molecule has 0 atom stereocenters. The van der Waals surface area contributed by atoms with Gasteiger partial charge in [-0.1, -0.05) is 18.2 Å². The van der Waals surface area contributed by atoms with Gasteiger partial charge in [-0.3, -0.25) is 4.98 Å². The fourth-order valence-electron chi connectivity index (χ4n) is 1.78. The van der Waals surface area contributed by atoms with Gasteiger partial charge < -0.3 is 0 Å². The molecule has 0 N–H and O–H groups in total. The standard InChI is InChI=1S/C13H8BrNS/c14-12-7-15-6-5-9(12)11-8-16-13-4-2-1-3-10(11)13/h1-8H. The van der Waals surface area contributed by atoms with E-state index in [-0.39, 0.29) is 0 Å². The minimum Gasteiger partial charge on any atom is -0.264 e. The van der Waals surface area contributed by atoms with Crippen LogP contribution < -0.4 is 0 Å². The van der Waals surface area contributed by atoms with Gasteiger partial charge >= 0.3 is 0 Å². The van der Waals surface area contributed by atoms with E-state index in [0.29, 0.717) is 0 Å². The second-order valence-corrected chi connectivity index (χ2v) is 5.27. The van der Waals surface area contributed by atoms with Gasteiger partial charge in [0.2, 0.25) is 0 Å². The molecule has 0 radical (unpaired) electrons. The van der Waals surface area contributed by atoms with Gasteiger partial charge in [0.1, 0.15) is 0 Å². The lowest BCUT2D eigenvalue weighted by Gasteiger charge is -2.01. The third-order valence-corrected chi connectivity index (χ3v) is 4.14. The normalized spacial score (nSPS) is 10.8. The van der Waals surface area contributed by atoms with Gasteiger partial charge in [0.15, 0.2) is 0 Å². The van der Waals surface area contributed by atoms with Crippen molar-refractivity contribution >= 4 is 37.4 Å². The molecule has 16 heavy (non-hydrogen) atoms. The summed E-state index contributed by atoms with van der Waals surface area (Å²) in [5.74, 6) is 0. The van der Waals surface area contributed by atoms with Crippen molar-refractivity contribution in [2.75, 3.05) is 0 Å². The van der Waals surface area contributed by atoms with E-state index in [0.717, 1.165) is 4.47 Å². The highest BCUT2D eigenvalue weighted by molar-refractivity contribution is 9.10. The first-order chi connectivity index (χ1) is 7.86. The Hall–Kier alpha value is -1.19. The Labute approximate surface area is 106 Å². The van der Waals surface area contributed by atoms with Crippen molar-refractivity contribution in [2.24, 2.45) is 0 Å². The van der Waals surface area contributed by atoms with Gasteiger partial charge in [0, 0.05) is 38.1 Å². The van der Waals surface area contributed by atoms with Crippen LogP contribution in [-0.4, -0.2) is 4.98 Å². The second-order valence-electron chi connectivity index (χ2n) is 3.50. The second kappa shape index (κ2) is 4.00. The zero-order valence-electron chi connectivity index (χ0n) is 8.35. The van der Waals surface area contributed by atoms with E-state index >= 15 is 0 Å². The molecular formula is C13H8BrNS. The van der Waals surface area contributed by atoms with Crippen LogP contribution >= 0.6 is 27.3 Å². The van der Waals surface area contributed by atoms with Crippen molar-refractivity contribution in [3.05, 3.63) is 52.6 Å². The maximum absolute atomic E-state index is 4.09. The number of pyridine rings is 1. The van der Waals surface area contributed by atoms with E-state index in [9.17, 15) is 0 Å². The van der Waals surface area contributed by atoms with Crippen LogP contribution in [0.2, 0.25) is 0 Å². The first-order valence-corrected chi connectivity index (χ1v) is 6.59. The SMILES string of the molecule is Brc1cnccc1-c1csc2ccccc12. The van der Waals surface area contributed by atoms with Crippen molar-refractivity contribution < 1.29 is 0 Å². The lowest BCUT2D eigenvalue weighted by Crippen LogP contribution is -1.79. The number of hydrogen-bond donors (Lipinski definition) is 0. The summed E-state index contributed by atoms with van der Waals surface area (Å²) in [7, 11) is 0. The molecule has 0 bridgehead atoms. The van der Waals surface area contributed by atoms with Crippen molar-refractivity contribution in [3.63, 3.8) is 0 Å². The molecule has 2 aromatic heterocycles. The molecule has 78 valence electrons. The van der Waals surface area contributed by atoms with E-state index < -0.39 is 0 Å². The lowest BCUT2D eigenvalue weighted by molar-refractivity contribution is 1.31. The molecule has 1 aromatic carbocycles. The number of fused-ring (bicyclic) bond motifs is 1. The Morgan fingerprint density at radius 3 is 2.81 bits per heavy atom. The van der Waals surface area contributed by atoms with Gasteiger partial charge in [-0.05, 0) is 33.4 Å². The summed E-state index contributed by atoms with van der Waals surface area (Å²) in [6.07, 6.45) is 3.66. The van der Waals surface area contributed by atoms with Crippen LogP contribution in [0.5, 0.6) is 0 Å². The molecule has 3 aromatic rings. The molecule has 2 heterocycles. The van der Waals surface area contributed by atoms with Gasteiger partial charge in [-0.25, -0.2) is 0 Å². The molecule has 0 saturated carbocycles. The number of hydrogen-bond acceptors (Lipinski definition) is 2. The van der Waals surface area contributed by atoms with Crippen LogP contribution in [0.4, 0.5) is 0 Å². The van der Waals surface area contributed by atoms with Crippen LogP contribution in [0.25, 0.3) is 21.2 Å². The summed E-state index contributed by atoms with van der Waals surface area (Å²) in [4.78, 5) is 4.09. The summed E-state index contributed by atoms with van der Waals surface area (Å²) in [5, 5.41) is 3.50. The smallest absolute Gasteiger partial charge is 0.0437 e. The zero-order valence-corrected chi connectivity index (χ0v) is 10.8. The van der Waals surface area contributed by atoms with E-state index in [1.165, 1.54) is 21.2 Å². The van der Waals surface area contributed by atoms with Crippen molar-refractivity contribution in [2.45, 2.75) is 0 Å². The lowest BCUT2D eigenvalue weighted by atomic mass is 10.1. The first kappa shape index (κ1) is 10.00. The van der Waals surface area contributed by atoms with Crippen molar-refractivity contribution in [3.8, 4) is 11.1 Å². The van der Waals surface area contributed by atoms with Gasteiger partial charge in [0.05, 0.1) is 0 Å². The Morgan fingerprint density at radius 1 is 1.06 bits per heavy atom. The minimum absolute atomic E-state index is 1.04. The highest BCUT2D eigenvalue weighted by atomic mass is 79.9. The number of benzene rings is 1. The zero-order chi connectivity index (χ0) is 11.0. The summed E-state index contributed by atoms with van der Waals surface area (Å²) in [5.41, 5.74) is 2.47. The maximum atomic E-state index is 4.09. The quantitative estimate of drug-likeness (QED) is 0.631. The molecule has 0 saturated heterocycles. The Bertz CT molecular complexity index is 645. The van der Waals surface area contributed by atoms with Crippen molar-refractivity contribution in [1.29, 1.82) is 0 Å². The fourth-order valence-corrected chi connectivity index (χ4v) is 3.20. The average molecular weight is 290 g/mol. The highest BCUT2D eigenvalue weighted by Crippen LogP contribution is 2.36. The Balaban J connectivity index is 2.31. The fraction of sp³-hybridized carbons (Fsp3) is 0. The average Bonchev–Trinajstić information content (AvgIpc) is 2.74. The Morgan fingerprint density at radius 2 is 1.94 bits per heavy atom. The summed E-state index contributed by atoms with van der Waals surface area (Å²) < 4.78 is 2.36.